The van der Waals surface area contributed by atoms with Crippen molar-refractivity contribution in [2.24, 2.45) is 5.92 Å². The fourth-order valence-electron chi connectivity index (χ4n) is 2.29. The van der Waals surface area contributed by atoms with Crippen molar-refractivity contribution in [3.05, 3.63) is 0 Å². The van der Waals surface area contributed by atoms with Crippen molar-refractivity contribution >= 4 is 5.97 Å². The van der Waals surface area contributed by atoms with Crippen molar-refractivity contribution in [3.8, 4) is 0 Å². The van der Waals surface area contributed by atoms with Gasteiger partial charge in [0.1, 0.15) is 0 Å². The third kappa shape index (κ3) is 3.29. The van der Waals surface area contributed by atoms with Gasteiger partial charge < -0.3 is 10.0 Å². The standard InChI is InChI=1S/C11H21NO2/c1-3-12(2)10-6-4-9(5-7-10)8-11(13)14/h9-10H,3-8H2,1-2H3,(H,13,14). The first kappa shape index (κ1) is 11.5. The molecular weight excluding hydrogens is 178 g/mol. The van der Waals surface area contributed by atoms with Crippen LogP contribution in [0.4, 0.5) is 0 Å². The van der Waals surface area contributed by atoms with Crippen molar-refractivity contribution < 1.29 is 9.90 Å². The Bertz CT molecular complexity index is 186. The van der Waals surface area contributed by atoms with E-state index >= 15 is 0 Å². The first-order chi connectivity index (χ1) is 6.63. The number of nitrogens with zero attached hydrogens (tertiary/aromatic N) is 1. The van der Waals surface area contributed by atoms with E-state index in [2.05, 4.69) is 18.9 Å². The maximum atomic E-state index is 10.5. The molecule has 0 radical (unpaired) electrons. The van der Waals surface area contributed by atoms with E-state index in [1.807, 2.05) is 0 Å². The normalized spacial score (nSPS) is 27.9. The second-order valence-corrected chi connectivity index (χ2v) is 4.35. The zero-order chi connectivity index (χ0) is 10.6. The average molecular weight is 199 g/mol. The predicted octanol–water partition coefficient (Wildman–Crippen LogP) is 1.97. The summed E-state index contributed by atoms with van der Waals surface area (Å²) in [7, 11) is 2.15. The van der Waals surface area contributed by atoms with Crippen LogP contribution in [0.5, 0.6) is 0 Å². The van der Waals surface area contributed by atoms with Gasteiger partial charge >= 0.3 is 5.97 Å². The van der Waals surface area contributed by atoms with E-state index in [9.17, 15) is 4.79 Å². The van der Waals surface area contributed by atoms with Crippen LogP contribution in [-0.4, -0.2) is 35.6 Å². The quantitative estimate of drug-likeness (QED) is 0.752. The largest absolute Gasteiger partial charge is 0.481 e. The van der Waals surface area contributed by atoms with Crippen LogP contribution in [0.15, 0.2) is 0 Å². The molecule has 0 bridgehead atoms. The molecule has 1 N–H and O–H groups in total. The molecule has 0 spiro atoms. The van der Waals surface area contributed by atoms with Crippen LogP contribution in [-0.2, 0) is 4.79 Å². The van der Waals surface area contributed by atoms with Gasteiger partial charge in [0.15, 0.2) is 0 Å². The van der Waals surface area contributed by atoms with Gasteiger partial charge in [0.2, 0.25) is 0 Å². The van der Waals surface area contributed by atoms with Gasteiger partial charge in [0.25, 0.3) is 0 Å². The Labute approximate surface area is 86.1 Å². The fraction of sp³-hybridized carbons (Fsp3) is 0.909. The molecule has 0 aliphatic heterocycles. The molecular formula is C11H21NO2. The molecule has 0 amide bonds. The molecule has 82 valence electrons. The minimum absolute atomic E-state index is 0.364. The minimum atomic E-state index is -0.641. The monoisotopic (exact) mass is 199 g/mol. The molecule has 1 aliphatic rings. The summed E-state index contributed by atoms with van der Waals surface area (Å²) in [5.41, 5.74) is 0. The molecule has 3 heteroatoms. The number of carboxylic acid groups (broad SMARTS) is 1. The molecule has 0 unspecified atom stereocenters. The Morgan fingerprint density at radius 2 is 1.93 bits per heavy atom. The highest BCUT2D eigenvalue weighted by Crippen LogP contribution is 2.28. The van der Waals surface area contributed by atoms with Gasteiger partial charge in [-0.15, -0.1) is 0 Å². The van der Waals surface area contributed by atoms with Gasteiger partial charge in [-0.25, -0.2) is 0 Å². The van der Waals surface area contributed by atoms with E-state index in [-0.39, 0.29) is 0 Å². The van der Waals surface area contributed by atoms with Crippen molar-refractivity contribution in [1.29, 1.82) is 0 Å². The van der Waals surface area contributed by atoms with Crippen molar-refractivity contribution in [2.75, 3.05) is 13.6 Å². The third-order valence-corrected chi connectivity index (χ3v) is 3.40. The molecule has 0 aromatic rings. The van der Waals surface area contributed by atoms with Crippen molar-refractivity contribution in [1.82, 2.24) is 4.90 Å². The number of hydrogen-bond donors (Lipinski definition) is 1. The van der Waals surface area contributed by atoms with Crippen LogP contribution in [0, 0.1) is 5.92 Å². The highest BCUT2D eigenvalue weighted by Gasteiger charge is 2.24. The lowest BCUT2D eigenvalue weighted by atomic mass is 9.83. The smallest absolute Gasteiger partial charge is 0.303 e. The Morgan fingerprint density at radius 3 is 2.36 bits per heavy atom. The Balaban J connectivity index is 2.27. The molecule has 0 saturated heterocycles. The van der Waals surface area contributed by atoms with E-state index in [0.29, 0.717) is 18.4 Å². The first-order valence-corrected chi connectivity index (χ1v) is 5.55. The lowest BCUT2D eigenvalue weighted by Crippen LogP contribution is -2.35. The van der Waals surface area contributed by atoms with E-state index in [1.165, 1.54) is 12.8 Å². The van der Waals surface area contributed by atoms with E-state index in [0.717, 1.165) is 19.4 Å². The van der Waals surface area contributed by atoms with Gasteiger partial charge in [0, 0.05) is 12.5 Å². The number of carboxylic acids is 1. The fourth-order valence-corrected chi connectivity index (χ4v) is 2.29. The van der Waals surface area contributed by atoms with Crippen LogP contribution in [0.1, 0.15) is 39.0 Å². The topological polar surface area (TPSA) is 40.5 Å². The van der Waals surface area contributed by atoms with Gasteiger partial charge in [0.05, 0.1) is 0 Å². The average Bonchev–Trinajstić information content (AvgIpc) is 2.17. The molecule has 14 heavy (non-hydrogen) atoms. The summed E-state index contributed by atoms with van der Waals surface area (Å²) < 4.78 is 0. The van der Waals surface area contributed by atoms with Crippen LogP contribution >= 0.6 is 0 Å². The highest BCUT2D eigenvalue weighted by molar-refractivity contribution is 5.67. The Hall–Kier alpha value is -0.570. The van der Waals surface area contributed by atoms with Gasteiger partial charge in [-0.3, -0.25) is 4.79 Å². The maximum Gasteiger partial charge on any atom is 0.303 e. The van der Waals surface area contributed by atoms with Crippen LogP contribution in [0.25, 0.3) is 0 Å². The van der Waals surface area contributed by atoms with Gasteiger partial charge in [-0.2, -0.15) is 0 Å². The number of carbonyl (C=O) groups is 1. The minimum Gasteiger partial charge on any atom is -0.481 e. The molecule has 1 saturated carbocycles. The summed E-state index contributed by atoms with van der Waals surface area (Å²) in [6.45, 7) is 3.26. The molecule has 3 nitrogen and oxygen atoms in total. The molecule has 0 heterocycles. The summed E-state index contributed by atoms with van der Waals surface area (Å²) in [6, 6.07) is 0.685. The summed E-state index contributed by atoms with van der Waals surface area (Å²) in [6.07, 6.45) is 4.87. The molecule has 1 aliphatic carbocycles. The summed E-state index contributed by atoms with van der Waals surface area (Å²) in [5, 5.41) is 8.68. The second-order valence-electron chi connectivity index (χ2n) is 4.35. The molecule has 1 rings (SSSR count). The van der Waals surface area contributed by atoms with Crippen LogP contribution < -0.4 is 0 Å². The zero-order valence-corrected chi connectivity index (χ0v) is 9.20. The Kier molecular flexibility index (Phi) is 4.39. The second kappa shape index (κ2) is 5.35. The van der Waals surface area contributed by atoms with Gasteiger partial charge in [-0.1, -0.05) is 6.92 Å². The van der Waals surface area contributed by atoms with Crippen molar-refractivity contribution in [3.63, 3.8) is 0 Å². The highest BCUT2D eigenvalue weighted by atomic mass is 16.4. The van der Waals surface area contributed by atoms with E-state index in [1.54, 1.807) is 0 Å². The van der Waals surface area contributed by atoms with E-state index in [4.69, 9.17) is 5.11 Å². The molecule has 0 aromatic heterocycles. The molecule has 1 fully saturated rings. The third-order valence-electron chi connectivity index (χ3n) is 3.40. The summed E-state index contributed by atoms with van der Waals surface area (Å²) >= 11 is 0. The lowest BCUT2D eigenvalue weighted by Gasteiger charge is -2.33. The SMILES string of the molecule is CCN(C)C1CCC(CC(=O)O)CC1. The first-order valence-electron chi connectivity index (χ1n) is 5.55. The van der Waals surface area contributed by atoms with Crippen LogP contribution in [0.3, 0.4) is 0 Å². The Morgan fingerprint density at radius 1 is 1.36 bits per heavy atom. The zero-order valence-electron chi connectivity index (χ0n) is 9.20. The molecule has 0 aromatic carbocycles. The predicted molar refractivity (Wildman–Crippen MR) is 56.3 cm³/mol. The van der Waals surface area contributed by atoms with Gasteiger partial charge in [-0.05, 0) is 45.2 Å². The van der Waals surface area contributed by atoms with E-state index < -0.39 is 5.97 Å². The number of hydrogen-bond acceptors (Lipinski definition) is 2. The molecule has 0 atom stereocenters. The summed E-state index contributed by atoms with van der Waals surface area (Å²) in [5.74, 6) is -0.216. The lowest BCUT2D eigenvalue weighted by molar-refractivity contribution is -0.138. The number of aliphatic carboxylic acids is 1. The maximum absolute atomic E-state index is 10.5. The summed E-state index contributed by atoms with van der Waals surface area (Å²) in [4.78, 5) is 12.9. The van der Waals surface area contributed by atoms with Crippen LogP contribution in [0.2, 0.25) is 0 Å². The van der Waals surface area contributed by atoms with Crippen molar-refractivity contribution in [2.45, 2.75) is 45.1 Å². The number of rotatable bonds is 4.